The molecule has 0 N–H and O–H groups in total. The van der Waals surface area contributed by atoms with Crippen LogP contribution in [-0.4, -0.2) is 25.5 Å². The predicted octanol–water partition coefficient (Wildman–Crippen LogP) is 4.10. The van der Waals surface area contributed by atoms with Crippen LogP contribution in [-0.2, 0) is 12.8 Å². The van der Waals surface area contributed by atoms with Crippen molar-refractivity contribution in [2.45, 2.75) is 25.7 Å². The van der Waals surface area contributed by atoms with Gasteiger partial charge in [0.25, 0.3) is 0 Å². The number of aryl methyl sites for hydroxylation is 2. The Hall–Kier alpha value is -2.22. The Balaban J connectivity index is 1.79. The summed E-state index contributed by atoms with van der Waals surface area (Å²) < 4.78 is 0. The molecule has 0 fully saturated rings. The lowest BCUT2D eigenvalue weighted by Gasteiger charge is -2.07. The Morgan fingerprint density at radius 1 is 0.591 bits per heavy atom. The molecular formula is C20H22N2. The highest BCUT2D eigenvalue weighted by Crippen LogP contribution is 2.12. The highest BCUT2D eigenvalue weighted by Gasteiger charge is 2.02. The second-order valence-corrected chi connectivity index (χ2v) is 5.68. The maximum Gasteiger partial charge on any atom is 0.0392 e. The van der Waals surface area contributed by atoms with E-state index in [1.54, 1.807) is 0 Å². The van der Waals surface area contributed by atoms with E-state index in [0.29, 0.717) is 0 Å². The molecule has 2 heteroatoms. The molecule has 0 aliphatic carbocycles. The summed E-state index contributed by atoms with van der Waals surface area (Å²) in [7, 11) is 0. The second-order valence-electron chi connectivity index (χ2n) is 5.68. The lowest BCUT2D eigenvalue weighted by atomic mass is 10.0. The first-order valence-electron chi connectivity index (χ1n) is 8.09. The molecule has 1 heterocycles. The number of nitrogens with zero attached hydrogens (tertiary/aromatic N) is 2. The van der Waals surface area contributed by atoms with E-state index in [2.05, 4.69) is 58.5 Å². The van der Waals surface area contributed by atoms with Crippen molar-refractivity contribution in [2.75, 3.05) is 13.1 Å². The molecule has 2 aromatic carbocycles. The first-order chi connectivity index (χ1) is 10.9. The van der Waals surface area contributed by atoms with Crippen molar-refractivity contribution in [2.24, 2.45) is 9.98 Å². The number of hydrogen-bond donors (Lipinski definition) is 0. The summed E-state index contributed by atoms with van der Waals surface area (Å²) in [6.45, 7) is 1.75. The Morgan fingerprint density at radius 2 is 1.05 bits per heavy atom. The van der Waals surface area contributed by atoms with Crippen molar-refractivity contribution in [3.8, 4) is 0 Å². The SMILES string of the molecule is C1=NCCCc2ccccc2C=NCCCc2ccccc21. The van der Waals surface area contributed by atoms with E-state index in [9.17, 15) is 0 Å². The molecule has 3 rings (SSSR count). The smallest absolute Gasteiger partial charge is 0.0392 e. The lowest BCUT2D eigenvalue weighted by Crippen LogP contribution is -1.99. The van der Waals surface area contributed by atoms with Crippen LogP contribution < -0.4 is 0 Å². The molecule has 0 saturated carbocycles. The Kier molecular flexibility index (Phi) is 5.14. The van der Waals surface area contributed by atoms with Crippen LogP contribution in [0.5, 0.6) is 0 Å². The highest BCUT2D eigenvalue weighted by atomic mass is 14.7. The van der Waals surface area contributed by atoms with Gasteiger partial charge in [0, 0.05) is 25.5 Å². The van der Waals surface area contributed by atoms with E-state index < -0.39 is 0 Å². The molecule has 0 bridgehead atoms. The van der Waals surface area contributed by atoms with Gasteiger partial charge in [0.1, 0.15) is 0 Å². The van der Waals surface area contributed by atoms with E-state index in [-0.39, 0.29) is 0 Å². The Morgan fingerprint density at radius 3 is 1.55 bits per heavy atom. The van der Waals surface area contributed by atoms with Crippen molar-refractivity contribution in [3.63, 3.8) is 0 Å². The van der Waals surface area contributed by atoms with Crippen LogP contribution in [0.4, 0.5) is 0 Å². The zero-order valence-corrected chi connectivity index (χ0v) is 12.9. The predicted molar refractivity (Wildman–Crippen MR) is 94.4 cm³/mol. The van der Waals surface area contributed by atoms with Crippen molar-refractivity contribution < 1.29 is 0 Å². The topological polar surface area (TPSA) is 24.7 Å². The zero-order valence-electron chi connectivity index (χ0n) is 12.9. The molecule has 112 valence electrons. The zero-order chi connectivity index (χ0) is 15.0. The summed E-state index contributed by atoms with van der Waals surface area (Å²) in [4.78, 5) is 9.23. The van der Waals surface area contributed by atoms with Gasteiger partial charge in [-0.25, -0.2) is 0 Å². The van der Waals surface area contributed by atoms with Gasteiger partial charge in [-0.1, -0.05) is 48.5 Å². The monoisotopic (exact) mass is 290 g/mol. The van der Waals surface area contributed by atoms with Crippen molar-refractivity contribution in [1.29, 1.82) is 0 Å². The fourth-order valence-corrected chi connectivity index (χ4v) is 2.82. The van der Waals surface area contributed by atoms with Crippen molar-refractivity contribution in [1.82, 2.24) is 0 Å². The summed E-state index contributed by atoms with van der Waals surface area (Å²) in [5.41, 5.74) is 5.26. The fraction of sp³-hybridized carbons (Fsp3) is 0.300. The van der Waals surface area contributed by atoms with E-state index in [0.717, 1.165) is 38.8 Å². The molecule has 0 aromatic heterocycles. The third-order valence-corrected chi connectivity index (χ3v) is 4.04. The van der Waals surface area contributed by atoms with E-state index in [4.69, 9.17) is 0 Å². The molecule has 0 unspecified atom stereocenters. The fourth-order valence-electron chi connectivity index (χ4n) is 2.82. The highest BCUT2D eigenvalue weighted by molar-refractivity contribution is 5.82. The summed E-state index contributed by atoms with van der Waals surface area (Å²) in [5.74, 6) is 0. The molecule has 0 radical (unpaired) electrons. The van der Waals surface area contributed by atoms with Gasteiger partial charge >= 0.3 is 0 Å². The molecule has 1 aliphatic rings. The normalized spacial score (nSPS) is 15.6. The molecule has 22 heavy (non-hydrogen) atoms. The minimum absolute atomic E-state index is 0.875. The van der Waals surface area contributed by atoms with Gasteiger partial charge in [-0.2, -0.15) is 0 Å². The van der Waals surface area contributed by atoms with Gasteiger partial charge in [-0.05, 0) is 47.9 Å². The summed E-state index contributed by atoms with van der Waals surface area (Å²) in [6.07, 6.45) is 8.34. The molecule has 2 aromatic rings. The number of hydrogen-bond acceptors (Lipinski definition) is 2. The first kappa shape index (κ1) is 14.7. The largest absolute Gasteiger partial charge is 0.293 e. The third-order valence-electron chi connectivity index (χ3n) is 4.04. The molecule has 2 nitrogen and oxygen atoms in total. The number of fused-ring (bicyclic) bond motifs is 2. The van der Waals surface area contributed by atoms with Crippen LogP contribution >= 0.6 is 0 Å². The average Bonchev–Trinajstić information content (AvgIpc) is 2.56. The second kappa shape index (κ2) is 7.69. The van der Waals surface area contributed by atoms with Crippen LogP contribution in [0.3, 0.4) is 0 Å². The number of benzene rings is 2. The van der Waals surface area contributed by atoms with Crippen LogP contribution in [0.2, 0.25) is 0 Å². The summed E-state index contributed by atoms with van der Waals surface area (Å²) in [5, 5.41) is 0. The van der Waals surface area contributed by atoms with Gasteiger partial charge < -0.3 is 0 Å². The Bertz CT molecular complexity index is 611. The molecule has 0 saturated heterocycles. The standard InChI is InChI=1S/C20H22N2/c1-3-9-19-15-21-14-6-12-18-8-2-4-10-20(18)16-22-13-5-11-17(19)7-1/h1-4,7-10,15-16H,5-6,11-14H2. The van der Waals surface area contributed by atoms with E-state index in [1.807, 2.05) is 12.4 Å². The molecular weight excluding hydrogens is 268 g/mol. The first-order valence-corrected chi connectivity index (χ1v) is 8.09. The van der Waals surface area contributed by atoms with Gasteiger partial charge in [0.2, 0.25) is 0 Å². The number of aliphatic imine (C=N–C) groups is 2. The van der Waals surface area contributed by atoms with Crippen LogP contribution in [0.1, 0.15) is 35.1 Å². The van der Waals surface area contributed by atoms with Crippen molar-refractivity contribution in [3.05, 3.63) is 70.8 Å². The van der Waals surface area contributed by atoms with E-state index in [1.165, 1.54) is 22.3 Å². The molecule has 0 amide bonds. The third kappa shape index (κ3) is 3.91. The lowest BCUT2D eigenvalue weighted by molar-refractivity contribution is 0.825. The minimum atomic E-state index is 0.875. The Labute approximate surface area is 132 Å². The van der Waals surface area contributed by atoms with Crippen LogP contribution in [0.15, 0.2) is 58.5 Å². The van der Waals surface area contributed by atoms with Gasteiger partial charge in [-0.15, -0.1) is 0 Å². The average molecular weight is 290 g/mol. The molecule has 0 atom stereocenters. The summed E-state index contributed by atoms with van der Waals surface area (Å²) >= 11 is 0. The van der Waals surface area contributed by atoms with E-state index >= 15 is 0 Å². The quantitative estimate of drug-likeness (QED) is 0.698. The molecule has 0 spiro atoms. The maximum absolute atomic E-state index is 4.61. The maximum atomic E-state index is 4.61. The summed E-state index contributed by atoms with van der Waals surface area (Å²) in [6, 6.07) is 17.1. The van der Waals surface area contributed by atoms with Gasteiger partial charge in [-0.3, -0.25) is 9.98 Å². The van der Waals surface area contributed by atoms with Gasteiger partial charge in [0.05, 0.1) is 0 Å². The van der Waals surface area contributed by atoms with Crippen LogP contribution in [0, 0.1) is 0 Å². The number of rotatable bonds is 0. The van der Waals surface area contributed by atoms with Crippen molar-refractivity contribution >= 4 is 12.4 Å². The molecule has 1 aliphatic heterocycles. The minimum Gasteiger partial charge on any atom is -0.293 e. The van der Waals surface area contributed by atoms with Crippen LogP contribution in [0.25, 0.3) is 0 Å². The van der Waals surface area contributed by atoms with Gasteiger partial charge in [0.15, 0.2) is 0 Å².